The molecular weight excluding hydrogens is 178 g/mol. The van der Waals surface area contributed by atoms with Gasteiger partial charge in [-0.15, -0.1) is 0 Å². The van der Waals surface area contributed by atoms with Crippen molar-refractivity contribution < 1.29 is 4.79 Å². The first-order chi connectivity index (χ1) is 6.56. The minimum atomic E-state index is 0.0997. The van der Waals surface area contributed by atoms with Crippen LogP contribution in [-0.4, -0.2) is 24.4 Å². The minimum absolute atomic E-state index is 0.0997. The quantitative estimate of drug-likeness (QED) is 0.520. The molecule has 2 atom stereocenters. The largest absolute Gasteiger partial charge is 0.330 e. The van der Waals surface area contributed by atoms with E-state index in [2.05, 4.69) is 0 Å². The predicted molar refractivity (Wildman–Crippen MR) is 58.8 cm³/mol. The van der Waals surface area contributed by atoms with E-state index in [4.69, 9.17) is 17.2 Å². The first-order valence-corrected chi connectivity index (χ1v) is 5.27. The van der Waals surface area contributed by atoms with E-state index >= 15 is 0 Å². The smallest absolute Gasteiger partial charge is 0.129 e. The Morgan fingerprint density at radius 2 is 1.57 bits per heavy atom. The molecule has 0 bridgehead atoms. The molecule has 0 aliphatic rings. The van der Waals surface area contributed by atoms with Crippen molar-refractivity contribution >= 4 is 5.78 Å². The van der Waals surface area contributed by atoms with E-state index in [1.54, 1.807) is 6.92 Å². The van der Waals surface area contributed by atoms with Crippen molar-refractivity contribution in [1.29, 1.82) is 0 Å². The summed E-state index contributed by atoms with van der Waals surface area (Å²) in [4.78, 5) is 10.7. The Hall–Kier alpha value is -0.450. The maximum absolute atomic E-state index is 10.7. The molecule has 0 saturated carbocycles. The lowest BCUT2D eigenvalue weighted by atomic mass is 10.0. The normalized spacial score (nSPS) is 15.1. The maximum atomic E-state index is 10.7. The van der Waals surface area contributed by atoms with Gasteiger partial charge in [-0.25, -0.2) is 0 Å². The van der Waals surface area contributed by atoms with E-state index in [0.29, 0.717) is 13.0 Å². The van der Waals surface area contributed by atoms with Crippen LogP contribution in [0.1, 0.15) is 39.0 Å². The average molecular weight is 201 g/mol. The highest BCUT2D eigenvalue weighted by Crippen LogP contribution is 2.05. The number of hydrogen-bond acceptors (Lipinski definition) is 4. The molecular formula is C10H23N3O. The zero-order valence-electron chi connectivity index (χ0n) is 9.04. The molecule has 84 valence electrons. The second-order valence-corrected chi connectivity index (χ2v) is 3.92. The van der Waals surface area contributed by atoms with E-state index in [9.17, 15) is 4.79 Å². The van der Waals surface area contributed by atoms with Gasteiger partial charge in [-0.1, -0.05) is 0 Å². The van der Waals surface area contributed by atoms with Crippen molar-refractivity contribution in [2.45, 2.75) is 51.1 Å². The van der Waals surface area contributed by atoms with E-state index in [1.165, 1.54) is 0 Å². The van der Waals surface area contributed by atoms with Gasteiger partial charge in [-0.2, -0.15) is 0 Å². The molecule has 0 saturated heterocycles. The fourth-order valence-electron chi connectivity index (χ4n) is 1.32. The van der Waals surface area contributed by atoms with Gasteiger partial charge in [-0.05, 0) is 39.2 Å². The van der Waals surface area contributed by atoms with Crippen LogP contribution in [0.4, 0.5) is 0 Å². The minimum Gasteiger partial charge on any atom is -0.330 e. The summed E-state index contributed by atoms with van der Waals surface area (Å²) in [6.45, 7) is 2.22. The maximum Gasteiger partial charge on any atom is 0.129 e. The van der Waals surface area contributed by atoms with Crippen LogP contribution in [0.3, 0.4) is 0 Å². The van der Waals surface area contributed by atoms with Gasteiger partial charge in [0.15, 0.2) is 0 Å². The number of hydrogen-bond donors (Lipinski definition) is 3. The number of Topliss-reactive ketones (excluding diaryl/α,β-unsaturated/α-hetero) is 1. The Morgan fingerprint density at radius 3 is 2.00 bits per heavy atom. The van der Waals surface area contributed by atoms with E-state index in [1.807, 2.05) is 0 Å². The third kappa shape index (κ3) is 8.16. The summed E-state index contributed by atoms with van der Waals surface area (Å²) in [5, 5.41) is 0. The third-order valence-electron chi connectivity index (χ3n) is 2.31. The molecule has 2 unspecified atom stereocenters. The van der Waals surface area contributed by atoms with Gasteiger partial charge in [0, 0.05) is 18.5 Å². The van der Waals surface area contributed by atoms with Crippen LogP contribution in [0, 0.1) is 0 Å². The Bertz CT molecular complexity index is 161. The second-order valence-electron chi connectivity index (χ2n) is 3.92. The van der Waals surface area contributed by atoms with Crippen molar-refractivity contribution in [2.24, 2.45) is 17.2 Å². The molecule has 0 spiro atoms. The van der Waals surface area contributed by atoms with E-state index in [0.717, 1.165) is 25.7 Å². The summed E-state index contributed by atoms with van der Waals surface area (Å²) in [5.41, 5.74) is 17.0. The molecule has 0 radical (unpaired) electrons. The fourth-order valence-corrected chi connectivity index (χ4v) is 1.32. The zero-order chi connectivity index (χ0) is 11.0. The highest BCUT2D eigenvalue weighted by atomic mass is 16.1. The van der Waals surface area contributed by atoms with Crippen molar-refractivity contribution in [2.75, 3.05) is 6.54 Å². The lowest BCUT2D eigenvalue weighted by Crippen LogP contribution is -2.28. The molecule has 0 aromatic heterocycles. The van der Waals surface area contributed by atoms with Crippen LogP contribution in [-0.2, 0) is 4.79 Å². The standard InChI is InChI=1S/C10H23N3O/c1-8(14)2-3-9(12)4-5-10(13)6-7-11/h9-10H,2-7,11-13H2,1H3. The summed E-state index contributed by atoms with van der Waals surface area (Å²) in [5.74, 6) is 0.201. The summed E-state index contributed by atoms with van der Waals surface area (Å²) in [6.07, 6.45) is 3.97. The van der Waals surface area contributed by atoms with Crippen LogP contribution in [0.5, 0.6) is 0 Å². The topological polar surface area (TPSA) is 95.1 Å². The lowest BCUT2D eigenvalue weighted by molar-refractivity contribution is -0.117. The third-order valence-corrected chi connectivity index (χ3v) is 2.31. The summed E-state index contributed by atoms with van der Waals surface area (Å²) in [7, 11) is 0. The summed E-state index contributed by atoms with van der Waals surface area (Å²) < 4.78 is 0. The van der Waals surface area contributed by atoms with Crippen molar-refractivity contribution in [3.63, 3.8) is 0 Å². The van der Waals surface area contributed by atoms with Crippen LogP contribution in [0.2, 0.25) is 0 Å². The van der Waals surface area contributed by atoms with Crippen LogP contribution in [0.15, 0.2) is 0 Å². The van der Waals surface area contributed by atoms with Crippen LogP contribution in [0.25, 0.3) is 0 Å². The number of carbonyl (C=O) groups excluding carboxylic acids is 1. The van der Waals surface area contributed by atoms with E-state index < -0.39 is 0 Å². The molecule has 0 aromatic rings. The SMILES string of the molecule is CC(=O)CCC(N)CCC(N)CCN. The lowest BCUT2D eigenvalue weighted by Gasteiger charge is -2.14. The van der Waals surface area contributed by atoms with Crippen LogP contribution < -0.4 is 17.2 Å². The molecule has 4 nitrogen and oxygen atoms in total. The molecule has 0 aliphatic carbocycles. The Morgan fingerprint density at radius 1 is 1.07 bits per heavy atom. The molecule has 0 aliphatic heterocycles. The van der Waals surface area contributed by atoms with Gasteiger partial charge >= 0.3 is 0 Å². The van der Waals surface area contributed by atoms with Gasteiger partial charge < -0.3 is 22.0 Å². The highest BCUT2D eigenvalue weighted by molar-refractivity contribution is 5.75. The van der Waals surface area contributed by atoms with E-state index in [-0.39, 0.29) is 17.9 Å². The Labute approximate surface area is 86.2 Å². The second kappa shape index (κ2) is 7.91. The first-order valence-electron chi connectivity index (χ1n) is 5.27. The highest BCUT2D eigenvalue weighted by Gasteiger charge is 2.07. The summed E-state index contributed by atoms with van der Waals surface area (Å²) in [6, 6.07) is 0.256. The summed E-state index contributed by atoms with van der Waals surface area (Å²) >= 11 is 0. The molecule has 0 fully saturated rings. The first kappa shape index (κ1) is 13.5. The van der Waals surface area contributed by atoms with Crippen molar-refractivity contribution in [3.05, 3.63) is 0 Å². The number of carbonyl (C=O) groups is 1. The average Bonchev–Trinajstić information content (AvgIpc) is 2.12. The van der Waals surface area contributed by atoms with Crippen molar-refractivity contribution in [1.82, 2.24) is 0 Å². The van der Waals surface area contributed by atoms with Gasteiger partial charge in [0.05, 0.1) is 0 Å². The van der Waals surface area contributed by atoms with Gasteiger partial charge in [0.1, 0.15) is 5.78 Å². The predicted octanol–water partition coefficient (Wildman–Crippen LogP) is 0.139. The van der Waals surface area contributed by atoms with Crippen LogP contribution >= 0.6 is 0 Å². The molecule has 4 heteroatoms. The number of nitrogens with two attached hydrogens (primary N) is 3. The van der Waals surface area contributed by atoms with Gasteiger partial charge in [0.2, 0.25) is 0 Å². The molecule has 6 N–H and O–H groups in total. The monoisotopic (exact) mass is 201 g/mol. The Kier molecular flexibility index (Phi) is 7.65. The fraction of sp³-hybridized carbons (Fsp3) is 0.900. The Balaban J connectivity index is 3.42. The molecule has 14 heavy (non-hydrogen) atoms. The molecule has 0 amide bonds. The number of ketones is 1. The van der Waals surface area contributed by atoms with Gasteiger partial charge in [-0.3, -0.25) is 0 Å². The molecule has 0 aromatic carbocycles. The number of rotatable bonds is 8. The molecule has 0 rings (SSSR count). The zero-order valence-corrected chi connectivity index (χ0v) is 9.04. The molecule has 0 heterocycles. The van der Waals surface area contributed by atoms with Crippen molar-refractivity contribution in [3.8, 4) is 0 Å². The van der Waals surface area contributed by atoms with Gasteiger partial charge in [0.25, 0.3) is 0 Å².